The molecule has 1 rings (SSSR count). The minimum Gasteiger partial charge on any atom is -0.480 e. The Morgan fingerprint density at radius 2 is 2.16 bits per heavy atom. The van der Waals surface area contributed by atoms with Gasteiger partial charge in [0.1, 0.15) is 11.4 Å². The van der Waals surface area contributed by atoms with Crippen molar-refractivity contribution in [1.82, 2.24) is 14.5 Å². The summed E-state index contributed by atoms with van der Waals surface area (Å²) in [6.45, 7) is 2.73. The van der Waals surface area contributed by atoms with Gasteiger partial charge in [-0.15, -0.1) is 0 Å². The average Bonchev–Trinajstić information content (AvgIpc) is 2.63. The molecule has 0 aliphatic heterocycles. The molecule has 1 heterocycles. The van der Waals surface area contributed by atoms with E-state index in [-0.39, 0.29) is 17.9 Å². The normalized spacial score (nSPS) is 12.6. The van der Waals surface area contributed by atoms with Gasteiger partial charge in [0.2, 0.25) is 10.0 Å². The van der Waals surface area contributed by atoms with Crippen molar-refractivity contribution < 1.29 is 23.4 Å². The smallest absolute Gasteiger partial charge is 0.325 e. The molecule has 0 atom stereocenters. The van der Waals surface area contributed by atoms with Gasteiger partial charge in [-0.05, 0) is 20.3 Å². The topological polar surface area (TPSA) is 122 Å². The molecule has 1 aromatic heterocycles. The molecule has 3 N–H and O–H groups in total. The van der Waals surface area contributed by atoms with Crippen LogP contribution in [0.4, 0.5) is 0 Å². The van der Waals surface area contributed by atoms with E-state index in [1.807, 2.05) is 0 Å². The minimum absolute atomic E-state index is 0.111. The number of aliphatic hydroxyl groups is 1. The summed E-state index contributed by atoms with van der Waals surface area (Å²) in [6.07, 6.45) is 2.49. The van der Waals surface area contributed by atoms with Gasteiger partial charge in [-0.3, -0.25) is 9.48 Å². The first-order chi connectivity index (χ1) is 8.66. The van der Waals surface area contributed by atoms with E-state index < -0.39 is 28.1 Å². The first kappa shape index (κ1) is 15.6. The van der Waals surface area contributed by atoms with Gasteiger partial charge in [-0.1, -0.05) is 0 Å². The van der Waals surface area contributed by atoms with Crippen LogP contribution >= 0.6 is 0 Å². The molecule has 9 heteroatoms. The molecule has 0 aromatic carbocycles. The van der Waals surface area contributed by atoms with Gasteiger partial charge in [-0.25, -0.2) is 13.1 Å². The van der Waals surface area contributed by atoms with Crippen LogP contribution in [0.25, 0.3) is 0 Å². The van der Waals surface area contributed by atoms with Crippen LogP contribution in [0.3, 0.4) is 0 Å². The Balaban J connectivity index is 2.89. The number of aliphatic carboxylic acids is 1. The van der Waals surface area contributed by atoms with Crippen LogP contribution in [-0.4, -0.2) is 46.5 Å². The van der Waals surface area contributed by atoms with Crippen LogP contribution < -0.4 is 4.72 Å². The van der Waals surface area contributed by atoms with E-state index in [2.05, 4.69) is 9.82 Å². The molecule has 8 nitrogen and oxygen atoms in total. The predicted octanol–water partition coefficient (Wildman–Crippen LogP) is -0.593. The lowest BCUT2D eigenvalue weighted by molar-refractivity contribution is -0.137. The van der Waals surface area contributed by atoms with Gasteiger partial charge >= 0.3 is 5.97 Å². The van der Waals surface area contributed by atoms with Crippen LogP contribution in [0.15, 0.2) is 17.3 Å². The van der Waals surface area contributed by atoms with E-state index in [0.717, 1.165) is 17.1 Å². The van der Waals surface area contributed by atoms with E-state index >= 15 is 0 Å². The second-order valence-corrected chi connectivity index (χ2v) is 6.41. The Hall–Kier alpha value is -1.45. The van der Waals surface area contributed by atoms with Crippen LogP contribution in [0.2, 0.25) is 0 Å². The second-order valence-electron chi connectivity index (χ2n) is 4.73. The molecule has 0 saturated heterocycles. The molecular formula is C10H17N3O5S. The molecule has 0 aliphatic carbocycles. The number of aliphatic hydroxyl groups excluding tert-OH is 1. The van der Waals surface area contributed by atoms with Gasteiger partial charge in [0.15, 0.2) is 0 Å². The number of carbonyl (C=O) groups is 1. The highest BCUT2D eigenvalue weighted by molar-refractivity contribution is 7.89. The molecule has 0 saturated carbocycles. The molecule has 0 unspecified atom stereocenters. The Morgan fingerprint density at radius 3 is 2.68 bits per heavy atom. The van der Waals surface area contributed by atoms with Gasteiger partial charge in [0.05, 0.1) is 6.20 Å². The summed E-state index contributed by atoms with van der Waals surface area (Å²) in [5.74, 6) is -1.11. The Bertz CT molecular complexity index is 549. The summed E-state index contributed by atoms with van der Waals surface area (Å²) < 4.78 is 27.5. The van der Waals surface area contributed by atoms with Gasteiger partial charge in [0.25, 0.3) is 0 Å². The third-order valence-corrected chi connectivity index (χ3v) is 4.02. The largest absolute Gasteiger partial charge is 0.480 e. The summed E-state index contributed by atoms with van der Waals surface area (Å²) in [4.78, 5) is 10.4. The van der Waals surface area contributed by atoms with Gasteiger partial charge in [0, 0.05) is 18.3 Å². The minimum atomic E-state index is -3.79. The fraction of sp³-hybridized carbons (Fsp3) is 0.600. The maximum atomic E-state index is 12.0. The fourth-order valence-electron chi connectivity index (χ4n) is 1.46. The Kier molecular flexibility index (Phi) is 4.66. The Morgan fingerprint density at radius 1 is 1.53 bits per heavy atom. The Labute approximate surface area is 111 Å². The van der Waals surface area contributed by atoms with E-state index in [4.69, 9.17) is 10.2 Å². The zero-order chi connectivity index (χ0) is 14.7. The number of carboxylic acid groups (broad SMARTS) is 1. The first-order valence-corrected chi connectivity index (χ1v) is 7.04. The van der Waals surface area contributed by atoms with E-state index in [9.17, 15) is 13.2 Å². The van der Waals surface area contributed by atoms with Crippen molar-refractivity contribution in [3.05, 3.63) is 12.4 Å². The molecule has 0 amide bonds. The van der Waals surface area contributed by atoms with E-state index in [1.165, 1.54) is 0 Å². The molecule has 1 aromatic rings. The fourth-order valence-corrected chi connectivity index (χ4v) is 2.86. The summed E-state index contributed by atoms with van der Waals surface area (Å²) in [6, 6.07) is 0. The third-order valence-electron chi connectivity index (χ3n) is 2.36. The third kappa shape index (κ3) is 4.62. The number of hydrogen-bond donors (Lipinski definition) is 3. The highest BCUT2D eigenvalue weighted by Crippen LogP contribution is 2.14. The number of aromatic nitrogens is 2. The van der Waals surface area contributed by atoms with Crippen molar-refractivity contribution in [1.29, 1.82) is 0 Å². The highest BCUT2D eigenvalue weighted by atomic mass is 32.2. The number of carboxylic acids is 1. The molecule has 0 spiro atoms. The molecule has 0 aliphatic rings. The standard InChI is InChI=1S/C10H17N3O5S/c1-10(2,3-4-14)12-19(17,18)8-5-11-13(6-8)7-9(15)16/h5-6,12,14H,3-4,7H2,1-2H3,(H,15,16). The highest BCUT2D eigenvalue weighted by Gasteiger charge is 2.26. The number of hydrogen-bond acceptors (Lipinski definition) is 5. The van der Waals surface area contributed by atoms with E-state index in [1.54, 1.807) is 13.8 Å². The quantitative estimate of drug-likeness (QED) is 0.617. The lowest BCUT2D eigenvalue weighted by atomic mass is 10.0. The lowest BCUT2D eigenvalue weighted by Gasteiger charge is -2.24. The molecule has 108 valence electrons. The van der Waals surface area contributed by atoms with Crippen LogP contribution in [0.1, 0.15) is 20.3 Å². The molecule has 0 bridgehead atoms. The van der Waals surface area contributed by atoms with Crippen molar-refractivity contribution in [2.24, 2.45) is 0 Å². The summed E-state index contributed by atoms with van der Waals surface area (Å²) >= 11 is 0. The maximum Gasteiger partial charge on any atom is 0.325 e. The summed E-state index contributed by atoms with van der Waals surface area (Å²) in [5.41, 5.74) is -0.803. The molecule has 0 radical (unpaired) electrons. The van der Waals surface area contributed by atoms with Crippen molar-refractivity contribution in [2.75, 3.05) is 6.61 Å². The van der Waals surface area contributed by atoms with Crippen LogP contribution in [0, 0.1) is 0 Å². The number of nitrogens with zero attached hydrogens (tertiary/aromatic N) is 2. The second kappa shape index (κ2) is 5.68. The molecule has 19 heavy (non-hydrogen) atoms. The molecule has 0 fully saturated rings. The zero-order valence-corrected chi connectivity index (χ0v) is 11.5. The maximum absolute atomic E-state index is 12.0. The lowest BCUT2D eigenvalue weighted by Crippen LogP contribution is -2.43. The van der Waals surface area contributed by atoms with Crippen LogP contribution in [-0.2, 0) is 21.4 Å². The first-order valence-electron chi connectivity index (χ1n) is 5.55. The van der Waals surface area contributed by atoms with Crippen molar-refractivity contribution in [3.63, 3.8) is 0 Å². The number of rotatable bonds is 7. The van der Waals surface area contributed by atoms with Crippen LogP contribution in [0.5, 0.6) is 0 Å². The SMILES string of the molecule is CC(C)(CCO)NS(=O)(=O)c1cnn(CC(=O)O)c1. The average molecular weight is 291 g/mol. The predicted molar refractivity (Wildman–Crippen MR) is 66.0 cm³/mol. The number of nitrogens with one attached hydrogen (secondary N) is 1. The van der Waals surface area contributed by atoms with Crippen molar-refractivity contribution in [2.45, 2.75) is 37.2 Å². The van der Waals surface area contributed by atoms with Crippen molar-refractivity contribution >= 4 is 16.0 Å². The zero-order valence-electron chi connectivity index (χ0n) is 10.7. The summed E-state index contributed by atoms with van der Waals surface area (Å²) in [5, 5.41) is 21.1. The number of sulfonamides is 1. The molecular weight excluding hydrogens is 274 g/mol. The summed E-state index contributed by atoms with van der Waals surface area (Å²) in [7, 11) is -3.79. The van der Waals surface area contributed by atoms with E-state index in [0.29, 0.717) is 0 Å². The van der Waals surface area contributed by atoms with Crippen molar-refractivity contribution in [3.8, 4) is 0 Å². The monoisotopic (exact) mass is 291 g/mol. The van der Waals surface area contributed by atoms with Gasteiger partial charge < -0.3 is 10.2 Å². The van der Waals surface area contributed by atoms with Gasteiger partial charge in [-0.2, -0.15) is 5.10 Å².